The minimum Gasteiger partial charge on any atom is -0.330 e. The molecular formula is C37H76N8. The van der Waals surface area contributed by atoms with Crippen molar-refractivity contribution >= 4 is 0 Å². The smallest absolute Gasteiger partial charge is 0.0684 e. The normalized spacial score (nSPS) is 14.2. The second-order valence-electron chi connectivity index (χ2n) is 15.9. The van der Waals surface area contributed by atoms with Gasteiger partial charge in [0.2, 0.25) is 0 Å². The molecular weight excluding hydrogens is 556 g/mol. The van der Waals surface area contributed by atoms with Gasteiger partial charge in [0.15, 0.2) is 0 Å². The molecule has 45 heavy (non-hydrogen) atoms. The monoisotopic (exact) mass is 636 g/mol. The zero-order chi connectivity index (χ0) is 38.3. The third kappa shape index (κ3) is 37.9. The Kier molecular flexibility index (Phi) is 29.4. The summed E-state index contributed by atoms with van der Waals surface area (Å²) in [6.07, 6.45) is 7.25. The van der Waals surface area contributed by atoms with E-state index in [-0.39, 0.29) is 29.5 Å². The number of nitriles is 4. The van der Waals surface area contributed by atoms with E-state index in [1.54, 1.807) is 0 Å². The molecule has 0 saturated carbocycles. The predicted molar refractivity (Wildman–Crippen MR) is 194 cm³/mol. The van der Waals surface area contributed by atoms with E-state index in [1.165, 1.54) is 12.8 Å². The Hall–Kier alpha value is -2.20. The van der Waals surface area contributed by atoms with Crippen LogP contribution in [-0.2, 0) is 0 Å². The maximum absolute atomic E-state index is 8.68. The lowest BCUT2D eigenvalue weighted by Crippen LogP contribution is -2.26. The minimum absolute atomic E-state index is 0.0100. The fourth-order valence-electron chi connectivity index (χ4n) is 5.24. The van der Waals surface area contributed by atoms with Gasteiger partial charge in [-0.3, -0.25) is 0 Å². The Balaban J connectivity index is -0.000000162. The summed E-state index contributed by atoms with van der Waals surface area (Å²) in [6.45, 7) is 28.2. The number of nitrogens with zero attached hydrogens (tertiary/aromatic N) is 4. The summed E-state index contributed by atoms with van der Waals surface area (Å²) >= 11 is 0. The van der Waals surface area contributed by atoms with Crippen molar-refractivity contribution in [2.45, 2.75) is 142 Å². The molecule has 0 spiro atoms. The molecule has 0 aliphatic rings. The average molecular weight is 636 g/mol. The highest BCUT2D eigenvalue weighted by Crippen LogP contribution is 2.29. The van der Waals surface area contributed by atoms with Gasteiger partial charge in [0.1, 0.15) is 0 Å². The largest absolute Gasteiger partial charge is 0.330 e. The van der Waals surface area contributed by atoms with Crippen LogP contribution in [-0.4, -0.2) is 26.2 Å². The second kappa shape index (κ2) is 28.1. The Bertz CT molecular complexity index is 892. The van der Waals surface area contributed by atoms with E-state index in [0.717, 1.165) is 51.9 Å². The fraction of sp³-hybridized carbons (Fsp3) is 0.892. The third-order valence-electron chi connectivity index (χ3n) is 7.48. The summed E-state index contributed by atoms with van der Waals surface area (Å²) in [7, 11) is -0.250. The fourth-order valence-corrected chi connectivity index (χ4v) is 5.24. The number of nitrogens with two attached hydrogens (primary N) is 4. The lowest BCUT2D eigenvalue weighted by atomic mass is 9.81. The predicted octanol–water partition coefficient (Wildman–Crippen LogP) is 8.28. The minimum atomic E-state index is -0.281. The van der Waals surface area contributed by atoms with E-state index in [1.807, 2.05) is 41.5 Å². The molecule has 0 aliphatic carbocycles. The van der Waals surface area contributed by atoms with Crippen LogP contribution in [0.1, 0.15) is 145 Å². The van der Waals surface area contributed by atoms with Crippen LogP contribution < -0.4 is 22.9 Å². The van der Waals surface area contributed by atoms with Crippen LogP contribution in [0.15, 0.2) is 0 Å². The lowest BCUT2D eigenvalue weighted by Gasteiger charge is -2.26. The first kappa shape index (κ1) is 47.2. The molecule has 0 heterocycles. The van der Waals surface area contributed by atoms with Crippen LogP contribution in [0.4, 0.5) is 0 Å². The highest BCUT2D eigenvalue weighted by Gasteiger charge is 2.21. The van der Waals surface area contributed by atoms with Gasteiger partial charge in [0.25, 0.3) is 0 Å². The van der Waals surface area contributed by atoms with E-state index in [0.29, 0.717) is 36.0 Å². The van der Waals surface area contributed by atoms with Crippen molar-refractivity contribution in [1.82, 2.24) is 0 Å². The molecule has 0 aliphatic heterocycles. The molecule has 4 unspecified atom stereocenters. The summed E-state index contributed by atoms with van der Waals surface area (Å²) in [6, 6.07) is 8.62. The molecule has 0 aromatic heterocycles. The van der Waals surface area contributed by atoms with Crippen LogP contribution in [0.2, 0.25) is 0 Å². The van der Waals surface area contributed by atoms with E-state index < -0.39 is 0 Å². The van der Waals surface area contributed by atoms with Gasteiger partial charge in [0.05, 0.1) is 29.7 Å². The average Bonchev–Trinajstić information content (AvgIpc) is 2.93. The standard InChI is InChI=1S/C9H22N2.C9H14N2.C9H22N2.C9H14N2.CH4/c2*1-8(7-11)6-9(2,3)4-5-10;2*1-8(4-5-10)6-9(2,3)7-11;/h8H,4-7,10-11H2,1-3H3;8H,4,6H2,1-3H3;8H,4-7,10-11H2,1-3H3;8H,4,6H2,1-3H3;1H4/i;;;;1TD. The molecule has 4 atom stereocenters. The van der Waals surface area contributed by atoms with E-state index in [2.05, 4.69) is 65.8 Å². The lowest BCUT2D eigenvalue weighted by molar-refractivity contribution is 0.264. The van der Waals surface area contributed by atoms with Gasteiger partial charge in [0, 0.05) is 21.5 Å². The SMILES string of the molecule is CC(C#N)CC(C)(C)CC#N.CC(CC#N)CC(C)(C)C#N.CC(CCN)CC(C)(C)CN.CC(CN)CC(C)(C)CCN.[2H]C[3H]. The molecule has 264 valence electrons. The first-order valence-corrected chi connectivity index (χ1v) is 16.4. The van der Waals surface area contributed by atoms with E-state index in [9.17, 15) is 0 Å². The molecule has 0 rings (SSSR count). The topological polar surface area (TPSA) is 199 Å². The van der Waals surface area contributed by atoms with Crippen molar-refractivity contribution in [3.8, 4) is 24.3 Å². The van der Waals surface area contributed by atoms with Crippen molar-refractivity contribution in [1.29, 1.82) is 21.0 Å². The molecule has 8 N–H and O–H groups in total. The molecule has 0 radical (unpaired) electrons. The molecule has 0 saturated heterocycles. The number of hydrogen-bond acceptors (Lipinski definition) is 8. The van der Waals surface area contributed by atoms with Crippen LogP contribution in [0, 0.1) is 90.7 Å². The molecule has 0 aromatic rings. The van der Waals surface area contributed by atoms with Crippen molar-refractivity contribution in [2.75, 3.05) is 26.2 Å². The molecule has 8 nitrogen and oxygen atoms in total. The second-order valence-corrected chi connectivity index (χ2v) is 15.9. The maximum atomic E-state index is 8.68. The number of rotatable bonds is 16. The summed E-state index contributed by atoms with van der Waals surface area (Å²) in [4.78, 5) is 0. The highest BCUT2D eigenvalue weighted by molar-refractivity contribution is 4.93. The summed E-state index contributed by atoms with van der Waals surface area (Å²) < 4.78 is 11.8. The van der Waals surface area contributed by atoms with Gasteiger partial charge >= 0.3 is 0 Å². The molecule has 0 bridgehead atoms. The molecule has 8 heteroatoms. The van der Waals surface area contributed by atoms with Crippen LogP contribution >= 0.6 is 0 Å². The summed E-state index contributed by atoms with van der Waals surface area (Å²) in [5, 5.41) is 34.0. The van der Waals surface area contributed by atoms with Gasteiger partial charge in [-0.1, -0.05) is 69.7 Å². The maximum Gasteiger partial charge on any atom is 0.0684 e. The van der Waals surface area contributed by atoms with Gasteiger partial charge in [-0.2, -0.15) is 21.0 Å². The van der Waals surface area contributed by atoms with Crippen LogP contribution in [0.5, 0.6) is 0 Å². The third-order valence-corrected chi connectivity index (χ3v) is 7.48. The Labute approximate surface area is 284 Å². The van der Waals surface area contributed by atoms with Crippen molar-refractivity contribution in [3.63, 3.8) is 0 Å². The molecule has 0 aromatic carbocycles. The first-order valence-electron chi connectivity index (χ1n) is 17.8. The summed E-state index contributed by atoms with van der Waals surface area (Å²) in [5.74, 6) is 1.71. The van der Waals surface area contributed by atoms with Crippen LogP contribution in [0.3, 0.4) is 0 Å². The van der Waals surface area contributed by atoms with E-state index >= 15 is 0 Å². The molecule has 0 fully saturated rings. The quantitative estimate of drug-likeness (QED) is 0.130. The zero-order valence-electron chi connectivity index (χ0n) is 33.6. The Morgan fingerprint density at radius 1 is 0.711 bits per heavy atom. The number of hydrogen-bond donors (Lipinski definition) is 4. The van der Waals surface area contributed by atoms with Crippen molar-refractivity contribution in [2.24, 2.45) is 68.3 Å². The Morgan fingerprint density at radius 2 is 1.22 bits per heavy atom. The van der Waals surface area contributed by atoms with Gasteiger partial charge in [-0.25, -0.2) is 0 Å². The van der Waals surface area contributed by atoms with Crippen molar-refractivity contribution < 1.29 is 2.74 Å². The van der Waals surface area contributed by atoms with Crippen LogP contribution in [0.25, 0.3) is 0 Å². The highest BCUT2D eigenvalue weighted by atomic mass is 14.6. The van der Waals surface area contributed by atoms with Gasteiger partial charge < -0.3 is 22.9 Å². The Morgan fingerprint density at radius 3 is 1.58 bits per heavy atom. The summed E-state index contributed by atoms with van der Waals surface area (Å²) in [5.41, 5.74) is 22.5. The first-order chi connectivity index (χ1) is 21.5. The van der Waals surface area contributed by atoms with Crippen molar-refractivity contribution in [3.05, 3.63) is 0 Å². The zero-order valence-corrected chi connectivity index (χ0v) is 31.6. The van der Waals surface area contributed by atoms with Gasteiger partial charge in [-0.15, -0.1) is 0 Å². The molecule has 0 amide bonds. The van der Waals surface area contributed by atoms with E-state index in [4.69, 9.17) is 46.7 Å². The van der Waals surface area contributed by atoms with Gasteiger partial charge in [-0.05, 0) is 119 Å².